The van der Waals surface area contributed by atoms with E-state index in [-0.39, 0.29) is 15.4 Å². The standard InChI is InChI=1S/C8H4Br2F4/c9-3-4-6(11)2-1-5(10)7(4)8(12,13)14/h1-2H,3H2. The van der Waals surface area contributed by atoms with Crippen LogP contribution in [-0.4, -0.2) is 0 Å². The molecular formula is C8H4Br2F4. The number of benzene rings is 1. The summed E-state index contributed by atoms with van der Waals surface area (Å²) in [6.07, 6.45) is -4.55. The lowest BCUT2D eigenvalue weighted by atomic mass is 10.1. The number of hydrogen-bond acceptors (Lipinski definition) is 0. The highest BCUT2D eigenvalue weighted by atomic mass is 79.9. The minimum Gasteiger partial charge on any atom is -0.207 e. The third-order valence-corrected chi connectivity index (χ3v) is 2.84. The van der Waals surface area contributed by atoms with Crippen molar-refractivity contribution in [2.45, 2.75) is 11.5 Å². The highest BCUT2D eigenvalue weighted by Gasteiger charge is 2.36. The number of halogens is 6. The molecule has 0 fully saturated rings. The molecule has 0 heterocycles. The molecule has 0 aromatic heterocycles. The van der Waals surface area contributed by atoms with Crippen molar-refractivity contribution in [3.8, 4) is 0 Å². The number of hydrogen-bond donors (Lipinski definition) is 0. The Bertz CT molecular complexity index is 346. The molecule has 1 aromatic rings. The molecule has 0 bridgehead atoms. The van der Waals surface area contributed by atoms with Crippen LogP contribution in [0.5, 0.6) is 0 Å². The van der Waals surface area contributed by atoms with Gasteiger partial charge in [0, 0.05) is 15.4 Å². The molecule has 0 aliphatic rings. The van der Waals surface area contributed by atoms with Crippen molar-refractivity contribution in [2.75, 3.05) is 0 Å². The smallest absolute Gasteiger partial charge is 0.207 e. The van der Waals surface area contributed by atoms with Crippen molar-refractivity contribution in [1.29, 1.82) is 0 Å². The molecule has 6 heteroatoms. The lowest BCUT2D eigenvalue weighted by Crippen LogP contribution is -2.11. The Labute approximate surface area is 94.6 Å². The van der Waals surface area contributed by atoms with Crippen LogP contribution < -0.4 is 0 Å². The van der Waals surface area contributed by atoms with Crippen LogP contribution in [0.15, 0.2) is 16.6 Å². The SMILES string of the molecule is Fc1ccc(Br)c(C(F)(F)F)c1CBr. The molecule has 1 rings (SSSR count). The second-order valence-corrected chi connectivity index (χ2v) is 3.93. The molecule has 0 aliphatic heterocycles. The molecule has 0 spiro atoms. The van der Waals surface area contributed by atoms with Gasteiger partial charge < -0.3 is 0 Å². The van der Waals surface area contributed by atoms with Gasteiger partial charge >= 0.3 is 6.18 Å². The van der Waals surface area contributed by atoms with Crippen LogP contribution >= 0.6 is 31.9 Å². The average molecular weight is 336 g/mol. The maximum atomic E-state index is 13.0. The van der Waals surface area contributed by atoms with Gasteiger partial charge in [-0.25, -0.2) is 4.39 Å². The van der Waals surface area contributed by atoms with E-state index >= 15 is 0 Å². The van der Waals surface area contributed by atoms with Gasteiger partial charge in [0.25, 0.3) is 0 Å². The van der Waals surface area contributed by atoms with Gasteiger partial charge in [0.1, 0.15) is 5.82 Å². The van der Waals surface area contributed by atoms with Crippen molar-refractivity contribution >= 4 is 31.9 Å². The van der Waals surface area contributed by atoms with Crippen LogP contribution in [0.4, 0.5) is 17.6 Å². The third kappa shape index (κ3) is 2.28. The molecule has 0 radical (unpaired) electrons. The highest BCUT2D eigenvalue weighted by Crippen LogP contribution is 2.38. The van der Waals surface area contributed by atoms with E-state index < -0.39 is 17.6 Å². The van der Waals surface area contributed by atoms with E-state index in [2.05, 4.69) is 31.9 Å². The fraction of sp³-hybridized carbons (Fsp3) is 0.250. The minimum absolute atomic E-state index is 0.152. The Balaban J connectivity index is 3.46. The topological polar surface area (TPSA) is 0 Å². The van der Waals surface area contributed by atoms with Crippen LogP contribution in [0.3, 0.4) is 0 Å². The molecule has 78 valence electrons. The molecule has 0 nitrogen and oxygen atoms in total. The largest absolute Gasteiger partial charge is 0.417 e. The van der Waals surface area contributed by atoms with E-state index in [1.165, 1.54) is 0 Å². The minimum atomic E-state index is -4.55. The van der Waals surface area contributed by atoms with Crippen molar-refractivity contribution in [1.82, 2.24) is 0 Å². The summed E-state index contributed by atoms with van der Waals surface area (Å²) in [4.78, 5) is 0. The summed E-state index contributed by atoms with van der Waals surface area (Å²) in [5.41, 5.74) is -1.35. The van der Waals surface area contributed by atoms with E-state index in [9.17, 15) is 17.6 Å². The second kappa shape index (κ2) is 4.18. The van der Waals surface area contributed by atoms with Crippen LogP contribution in [0, 0.1) is 5.82 Å². The average Bonchev–Trinajstić information content (AvgIpc) is 2.06. The van der Waals surface area contributed by atoms with E-state index in [4.69, 9.17) is 0 Å². The summed E-state index contributed by atoms with van der Waals surface area (Å²) in [6.45, 7) is 0. The Hall–Kier alpha value is -0.100. The van der Waals surface area contributed by atoms with Crippen LogP contribution in [0.25, 0.3) is 0 Å². The van der Waals surface area contributed by atoms with Gasteiger partial charge in [0.15, 0.2) is 0 Å². The van der Waals surface area contributed by atoms with Crippen molar-refractivity contribution in [2.24, 2.45) is 0 Å². The fourth-order valence-corrected chi connectivity index (χ4v) is 2.18. The Morgan fingerprint density at radius 1 is 1.21 bits per heavy atom. The van der Waals surface area contributed by atoms with Gasteiger partial charge in [-0.05, 0) is 12.1 Å². The second-order valence-electron chi connectivity index (χ2n) is 2.51. The maximum Gasteiger partial charge on any atom is 0.417 e. The van der Waals surface area contributed by atoms with Gasteiger partial charge in [-0.3, -0.25) is 0 Å². The zero-order valence-corrected chi connectivity index (χ0v) is 9.80. The first kappa shape index (κ1) is 12.0. The summed E-state index contributed by atoms with van der Waals surface area (Å²) in [7, 11) is 0. The normalized spacial score (nSPS) is 11.9. The predicted octanol–water partition coefficient (Wildman–Crippen LogP) is 4.50. The monoisotopic (exact) mass is 334 g/mol. The Morgan fingerprint density at radius 3 is 2.14 bits per heavy atom. The van der Waals surface area contributed by atoms with Gasteiger partial charge in [-0.15, -0.1) is 0 Å². The molecule has 0 saturated heterocycles. The molecule has 1 aromatic carbocycles. The molecule has 0 aliphatic carbocycles. The van der Waals surface area contributed by atoms with Gasteiger partial charge in [-0.1, -0.05) is 31.9 Å². The van der Waals surface area contributed by atoms with Crippen LogP contribution in [0.2, 0.25) is 0 Å². The first-order valence-corrected chi connectivity index (χ1v) is 5.39. The molecular weight excluding hydrogens is 332 g/mol. The van der Waals surface area contributed by atoms with Crippen molar-refractivity contribution in [3.63, 3.8) is 0 Å². The summed E-state index contributed by atoms with van der Waals surface area (Å²) >= 11 is 5.58. The zero-order chi connectivity index (χ0) is 10.9. The fourth-order valence-electron chi connectivity index (χ4n) is 1.03. The van der Waals surface area contributed by atoms with E-state index in [0.29, 0.717) is 0 Å². The lowest BCUT2D eigenvalue weighted by molar-refractivity contribution is -0.138. The first-order chi connectivity index (χ1) is 6.38. The van der Waals surface area contributed by atoms with Gasteiger partial charge in [0.05, 0.1) is 5.56 Å². The molecule has 0 N–H and O–H groups in total. The van der Waals surface area contributed by atoms with Crippen LogP contribution in [0.1, 0.15) is 11.1 Å². The molecule has 14 heavy (non-hydrogen) atoms. The highest BCUT2D eigenvalue weighted by molar-refractivity contribution is 9.10. The van der Waals surface area contributed by atoms with Gasteiger partial charge in [-0.2, -0.15) is 13.2 Å². The zero-order valence-electron chi connectivity index (χ0n) is 6.63. The van der Waals surface area contributed by atoms with Crippen LogP contribution in [-0.2, 0) is 11.5 Å². The molecule has 0 amide bonds. The lowest BCUT2D eigenvalue weighted by Gasteiger charge is -2.13. The third-order valence-electron chi connectivity index (χ3n) is 1.62. The summed E-state index contributed by atoms with van der Waals surface area (Å²) in [5.74, 6) is -0.864. The number of alkyl halides is 4. The summed E-state index contributed by atoms with van der Waals surface area (Å²) in [5, 5.41) is -0.173. The van der Waals surface area contributed by atoms with Crippen molar-refractivity contribution in [3.05, 3.63) is 33.5 Å². The summed E-state index contributed by atoms with van der Waals surface area (Å²) in [6, 6.07) is 2.04. The summed E-state index contributed by atoms with van der Waals surface area (Å²) < 4.78 is 50.2. The van der Waals surface area contributed by atoms with Crippen molar-refractivity contribution < 1.29 is 17.6 Å². The quantitative estimate of drug-likeness (QED) is 0.523. The van der Waals surface area contributed by atoms with E-state index in [1.54, 1.807) is 0 Å². The first-order valence-electron chi connectivity index (χ1n) is 3.48. The molecule has 0 unspecified atom stereocenters. The predicted molar refractivity (Wildman–Crippen MR) is 51.7 cm³/mol. The van der Waals surface area contributed by atoms with E-state index in [0.717, 1.165) is 12.1 Å². The molecule has 0 saturated carbocycles. The Kier molecular flexibility index (Phi) is 3.58. The Morgan fingerprint density at radius 2 is 1.79 bits per heavy atom. The van der Waals surface area contributed by atoms with Gasteiger partial charge in [0.2, 0.25) is 0 Å². The van der Waals surface area contributed by atoms with E-state index in [1.807, 2.05) is 0 Å². The molecule has 0 atom stereocenters. The number of rotatable bonds is 1. The maximum absolute atomic E-state index is 13.0.